The maximum Gasteiger partial charge on any atom is 0.311 e. The normalized spacial score (nSPS) is 15.5. The second-order valence-electron chi connectivity index (χ2n) is 6.98. The second-order valence-corrected chi connectivity index (χ2v) is 6.98. The highest BCUT2D eigenvalue weighted by Crippen LogP contribution is 2.28. The van der Waals surface area contributed by atoms with Crippen LogP contribution in [-0.4, -0.2) is 41.6 Å². The third-order valence-corrected chi connectivity index (χ3v) is 4.71. The number of nitro benzene ring substituents is 1. The van der Waals surface area contributed by atoms with Crippen LogP contribution >= 0.6 is 0 Å². The Labute approximate surface area is 176 Å². The zero-order valence-electron chi connectivity index (χ0n) is 16.6. The summed E-state index contributed by atoms with van der Waals surface area (Å²) in [6.45, 7) is 0.855. The molecule has 1 aliphatic rings. The Morgan fingerprint density at radius 1 is 1.19 bits per heavy atom. The van der Waals surface area contributed by atoms with E-state index in [0.29, 0.717) is 16.9 Å². The number of nitro groups is 1. The number of amides is 2. The molecule has 1 N–H and O–H groups in total. The van der Waals surface area contributed by atoms with Crippen molar-refractivity contribution in [1.29, 1.82) is 0 Å². The van der Waals surface area contributed by atoms with Gasteiger partial charge in [-0.25, -0.2) is 0 Å². The largest absolute Gasteiger partial charge is 0.455 e. The Kier molecular flexibility index (Phi) is 6.39. The minimum Gasteiger partial charge on any atom is -0.455 e. The van der Waals surface area contributed by atoms with Gasteiger partial charge >= 0.3 is 5.97 Å². The molecule has 0 bridgehead atoms. The molecule has 1 fully saturated rings. The molecule has 10 nitrogen and oxygen atoms in total. The van der Waals surface area contributed by atoms with Gasteiger partial charge in [-0.1, -0.05) is 18.2 Å². The number of nitrogens with zero attached hydrogens (tertiary/aromatic N) is 2. The average Bonchev–Trinajstić information content (AvgIpc) is 3.14. The molecule has 0 aromatic heterocycles. The smallest absolute Gasteiger partial charge is 0.311 e. The second kappa shape index (κ2) is 9.16. The van der Waals surface area contributed by atoms with Crippen molar-refractivity contribution in [3.05, 3.63) is 64.2 Å². The molecule has 3 rings (SSSR count). The number of carbonyl (C=O) groups excluding carboxylic acids is 4. The van der Waals surface area contributed by atoms with Gasteiger partial charge in [-0.3, -0.25) is 29.3 Å². The molecule has 1 heterocycles. The van der Waals surface area contributed by atoms with Crippen LogP contribution in [-0.2, 0) is 19.1 Å². The fraction of sp³-hybridized carbons (Fsp3) is 0.238. The Bertz CT molecular complexity index is 1070. The van der Waals surface area contributed by atoms with Gasteiger partial charge in [0, 0.05) is 36.3 Å². The molecule has 31 heavy (non-hydrogen) atoms. The van der Waals surface area contributed by atoms with E-state index in [1.165, 1.54) is 36.1 Å². The van der Waals surface area contributed by atoms with Crippen LogP contribution in [0.4, 0.5) is 17.1 Å². The number of hydrogen-bond acceptors (Lipinski definition) is 7. The fourth-order valence-electron chi connectivity index (χ4n) is 3.16. The summed E-state index contributed by atoms with van der Waals surface area (Å²) in [4.78, 5) is 59.7. The summed E-state index contributed by atoms with van der Waals surface area (Å²) in [5.41, 5.74) is 0.974. The summed E-state index contributed by atoms with van der Waals surface area (Å²) in [5.74, 6) is -2.61. The van der Waals surface area contributed by atoms with Gasteiger partial charge in [-0.2, -0.15) is 0 Å². The number of rotatable bonds is 7. The van der Waals surface area contributed by atoms with Gasteiger partial charge in [0.2, 0.25) is 5.91 Å². The molecule has 0 unspecified atom stereocenters. The maximum atomic E-state index is 12.3. The molecule has 0 spiro atoms. The summed E-state index contributed by atoms with van der Waals surface area (Å²) in [5, 5.41) is 13.5. The molecule has 160 valence electrons. The number of hydrogen-bond donors (Lipinski definition) is 1. The van der Waals surface area contributed by atoms with E-state index in [9.17, 15) is 29.3 Å². The number of non-ortho nitro benzene ring substituents is 1. The molecule has 0 aliphatic carbocycles. The van der Waals surface area contributed by atoms with Gasteiger partial charge in [-0.15, -0.1) is 0 Å². The topological polar surface area (TPSA) is 136 Å². The van der Waals surface area contributed by atoms with E-state index in [1.54, 1.807) is 24.3 Å². The van der Waals surface area contributed by atoms with Crippen LogP contribution < -0.4 is 10.2 Å². The van der Waals surface area contributed by atoms with Crippen molar-refractivity contribution in [2.75, 3.05) is 23.4 Å². The lowest BCUT2D eigenvalue weighted by Gasteiger charge is -2.16. The number of nitrogens with one attached hydrogen (secondary N) is 1. The van der Waals surface area contributed by atoms with Crippen molar-refractivity contribution in [1.82, 2.24) is 0 Å². The van der Waals surface area contributed by atoms with E-state index >= 15 is 0 Å². The first kappa shape index (κ1) is 21.6. The van der Waals surface area contributed by atoms with E-state index in [1.807, 2.05) is 0 Å². The first-order valence-electron chi connectivity index (χ1n) is 9.37. The Balaban J connectivity index is 1.55. The van der Waals surface area contributed by atoms with Crippen LogP contribution in [0, 0.1) is 16.0 Å². The molecule has 1 atom stereocenters. The van der Waals surface area contributed by atoms with Crippen molar-refractivity contribution in [2.24, 2.45) is 5.92 Å². The number of benzene rings is 2. The van der Waals surface area contributed by atoms with Gasteiger partial charge in [0.05, 0.1) is 16.5 Å². The number of ether oxygens (including phenoxy) is 1. The van der Waals surface area contributed by atoms with Crippen LogP contribution in [0.1, 0.15) is 23.7 Å². The predicted molar refractivity (Wildman–Crippen MR) is 110 cm³/mol. The molecule has 2 aromatic carbocycles. The number of carbonyl (C=O) groups is 4. The first-order valence-corrected chi connectivity index (χ1v) is 9.37. The average molecular weight is 425 g/mol. The lowest BCUT2D eigenvalue weighted by atomic mass is 10.1. The van der Waals surface area contributed by atoms with Crippen LogP contribution in [0.2, 0.25) is 0 Å². The number of anilines is 2. The van der Waals surface area contributed by atoms with E-state index in [4.69, 9.17) is 4.74 Å². The van der Waals surface area contributed by atoms with Crippen LogP contribution in [0.3, 0.4) is 0 Å². The van der Waals surface area contributed by atoms with Gasteiger partial charge < -0.3 is 15.0 Å². The van der Waals surface area contributed by atoms with Gasteiger partial charge in [-0.05, 0) is 25.1 Å². The Hall–Kier alpha value is -4.08. The number of Topliss-reactive ketones (excluding diaryl/α,β-unsaturated/α-hetero) is 1. The molecule has 1 aliphatic heterocycles. The summed E-state index contributed by atoms with van der Waals surface area (Å²) >= 11 is 0. The quantitative estimate of drug-likeness (QED) is 0.311. The highest BCUT2D eigenvalue weighted by atomic mass is 16.6. The summed E-state index contributed by atoms with van der Waals surface area (Å²) in [6, 6.07) is 11.9. The molecule has 2 amide bonds. The van der Waals surface area contributed by atoms with Crippen LogP contribution in [0.15, 0.2) is 48.5 Å². The van der Waals surface area contributed by atoms with E-state index < -0.39 is 29.3 Å². The molecule has 0 radical (unpaired) electrons. The number of ketones is 1. The predicted octanol–water partition coefficient (Wildman–Crippen LogP) is 2.33. The van der Waals surface area contributed by atoms with Crippen molar-refractivity contribution in [3.8, 4) is 0 Å². The van der Waals surface area contributed by atoms with Crippen molar-refractivity contribution < 1.29 is 28.8 Å². The minimum absolute atomic E-state index is 0.00110. The zero-order valence-corrected chi connectivity index (χ0v) is 16.6. The van der Waals surface area contributed by atoms with Gasteiger partial charge in [0.15, 0.2) is 12.4 Å². The van der Waals surface area contributed by atoms with E-state index in [0.717, 1.165) is 0 Å². The lowest BCUT2D eigenvalue weighted by molar-refractivity contribution is -0.384. The third kappa shape index (κ3) is 5.30. The molecular weight excluding hydrogens is 406 g/mol. The minimum atomic E-state index is -0.791. The Morgan fingerprint density at radius 3 is 2.65 bits per heavy atom. The zero-order chi connectivity index (χ0) is 22.5. The Morgan fingerprint density at radius 2 is 1.94 bits per heavy atom. The highest BCUT2D eigenvalue weighted by Gasteiger charge is 2.36. The first-order chi connectivity index (χ1) is 14.7. The third-order valence-electron chi connectivity index (χ3n) is 4.71. The molecule has 10 heteroatoms. The van der Waals surface area contributed by atoms with E-state index in [-0.39, 0.29) is 30.3 Å². The SMILES string of the molecule is CC(=O)c1cccc(NC(=O)COC(=O)[C@H]2CC(=O)N(c3cccc([N+](=O)[O-])c3)C2)c1. The maximum absolute atomic E-state index is 12.3. The summed E-state index contributed by atoms with van der Waals surface area (Å²) in [6.07, 6.45) is -0.121. The summed E-state index contributed by atoms with van der Waals surface area (Å²) < 4.78 is 5.03. The van der Waals surface area contributed by atoms with Gasteiger partial charge in [0.25, 0.3) is 11.6 Å². The van der Waals surface area contributed by atoms with Crippen LogP contribution in [0.25, 0.3) is 0 Å². The summed E-state index contributed by atoms with van der Waals surface area (Å²) in [7, 11) is 0. The molecule has 0 saturated carbocycles. The highest BCUT2D eigenvalue weighted by molar-refractivity contribution is 6.00. The lowest BCUT2D eigenvalue weighted by Crippen LogP contribution is -2.28. The number of esters is 1. The van der Waals surface area contributed by atoms with Crippen molar-refractivity contribution >= 4 is 40.6 Å². The van der Waals surface area contributed by atoms with Gasteiger partial charge in [0.1, 0.15) is 0 Å². The van der Waals surface area contributed by atoms with Crippen LogP contribution in [0.5, 0.6) is 0 Å². The standard InChI is InChI=1S/C21H19N3O7/c1-13(25)14-4-2-5-16(8-14)22-19(26)12-31-21(28)15-9-20(27)23(11-15)17-6-3-7-18(10-17)24(29)30/h2-8,10,15H,9,11-12H2,1H3,(H,22,26)/t15-/m0/s1. The van der Waals surface area contributed by atoms with E-state index in [2.05, 4.69) is 5.32 Å². The van der Waals surface area contributed by atoms with Crippen molar-refractivity contribution in [2.45, 2.75) is 13.3 Å². The fourth-order valence-corrected chi connectivity index (χ4v) is 3.16. The molecule has 2 aromatic rings. The molecule has 1 saturated heterocycles. The monoisotopic (exact) mass is 425 g/mol. The molecular formula is C21H19N3O7. The van der Waals surface area contributed by atoms with Crippen molar-refractivity contribution in [3.63, 3.8) is 0 Å².